The summed E-state index contributed by atoms with van der Waals surface area (Å²) in [7, 11) is 1.52. The van der Waals surface area contributed by atoms with Crippen LogP contribution in [0.2, 0.25) is 0 Å². The fraction of sp³-hybridized carbons (Fsp3) is 0.0345. The van der Waals surface area contributed by atoms with Crippen molar-refractivity contribution in [2.45, 2.75) is 0 Å². The van der Waals surface area contributed by atoms with Gasteiger partial charge in [0.05, 0.1) is 12.8 Å². The van der Waals surface area contributed by atoms with E-state index in [1.807, 2.05) is 60.7 Å². The van der Waals surface area contributed by atoms with Crippen molar-refractivity contribution in [3.63, 3.8) is 0 Å². The van der Waals surface area contributed by atoms with Crippen LogP contribution in [-0.2, 0) is 0 Å². The number of ether oxygens (including phenoxy) is 1. The van der Waals surface area contributed by atoms with Crippen LogP contribution in [0.25, 0.3) is 17.1 Å². The molecule has 9 nitrogen and oxygen atoms in total. The SMILES string of the molecule is COc1cccc(C(=O)NNC(=O)c2ccc(Nc3nc(-c4ccccc4)n(-c4ccccc4)n3)cc2)c1. The van der Waals surface area contributed by atoms with Crippen molar-refractivity contribution in [3.8, 4) is 22.8 Å². The molecule has 1 heterocycles. The first-order valence-corrected chi connectivity index (χ1v) is 11.8. The summed E-state index contributed by atoms with van der Waals surface area (Å²) in [6, 6.07) is 33.0. The van der Waals surface area contributed by atoms with Crippen molar-refractivity contribution in [2.75, 3.05) is 12.4 Å². The molecule has 2 amide bonds. The van der Waals surface area contributed by atoms with Gasteiger partial charge in [0.2, 0.25) is 5.95 Å². The molecule has 0 saturated heterocycles. The summed E-state index contributed by atoms with van der Waals surface area (Å²) in [6.07, 6.45) is 0. The fourth-order valence-corrected chi connectivity index (χ4v) is 3.74. The summed E-state index contributed by atoms with van der Waals surface area (Å²) in [5.74, 6) is 0.749. The number of hydrazine groups is 1. The Labute approximate surface area is 219 Å². The normalized spacial score (nSPS) is 10.4. The van der Waals surface area contributed by atoms with Crippen LogP contribution >= 0.6 is 0 Å². The highest BCUT2D eigenvalue weighted by Crippen LogP contribution is 2.24. The third kappa shape index (κ3) is 5.52. The van der Waals surface area contributed by atoms with Gasteiger partial charge in [0.15, 0.2) is 5.82 Å². The predicted octanol–water partition coefficient (Wildman–Crippen LogP) is 4.76. The van der Waals surface area contributed by atoms with Crippen molar-refractivity contribution >= 4 is 23.5 Å². The molecule has 0 fully saturated rings. The molecule has 38 heavy (non-hydrogen) atoms. The minimum Gasteiger partial charge on any atom is -0.497 e. The highest BCUT2D eigenvalue weighted by Gasteiger charge is 2.14. The summed E-state index contributed by atoms with van der Waals surface area (Å²) >= 11 is 0. The van der Waals surface area contributed by atoms with E-state index in [0.717, 1.165) is 11.3 Å². The summed E-state index contributed by atoms with van der Waals surface area (Å²) in [4.78, 5) is 29.6. The minimum absolute atomic E-state index is 0.363. The molecule has 0 saturated carbocycles. The van der Waals surface area contributed by atoms with Crippen LogP contribution in [0.5, 0.6) is 5.75 Å². The zero-order valence-electron chi connectivity index (χ0n) is 20.5. The Bertz CT molecular complexity index is 1490. The lowest BCUT2D eigenvalue weighted by atomic mass is 10.2. The Morgan fingerprint density at radius 1 is 0.737 bits per heavy atom. The number of anilines is 2. The molecule has 0 unspecified atom stereocenters. The van der Waals surface area contributed by atoms with Crippen LogP contribution in [0.15, 0.2) is 109 Å². The monoisotopic (exact) mass is 504 g/mol. The molecule has 0 spiro atoms. The van der Waals surface area contributed by atoms with Gasteiger partial charge in [-0.3, -0.25) is 20.4 Å². The zero-order valence-corrected chi connectivity index (χ0v) is 20.5. The average Bonchev–Trinajstić information content (AvgIpc) is 3.41. The van der Waals surface area contributed by atoms with Gasteiger partial charge >= 0.3 is 0 Å². The summed E-state index contributed by atoms with van der Waals surface area (Å²) in [5.41, 5.74) is 8.08. The second kappa shape index (κ2) is 11.1. The Balaban J connectivity index is 1.27. The van der Waals surface area contributed by atoms with Crippen LogP contribution in [0.4, 0.5) is 11.6 Å². The van der Waals surface area contributed by atoms with E-state index in [4.69, 9.17) is 9.72 Å². The summed E-state index contributed by atoms with van der Waals surface area (Å²) in [6.45, 7) is 0. The lowest BCUT2D eigenvalue weighted by molar-refractivity contribution is 0.0846. The van der Waals surface area contributed by atoms with E-state index < -0.39 is 11.8 Å². The van der Waals surface area contributed by atoms with Crippen molar-refractivity contribution < 1.29 is 14.3 Å². The van der Waals surface area contributed by atoms with Crippen LogP contribution in [0, 0.1) is 0 Å². The minimum atomic E-state index is -0.454. The molecule has 5 aromatic rings. The van der Waals surface area contributed by atoms with Gasteiger partial charge in [-0.15, -0.1) is 5.10 Å². The first-order chi connectivity index (χ1) is 18.6. The Kier molecular flexibility index (Phi) is 7.08. The van der Waals surface area contributed by atoms with Gasteiger partial charge in [0, 0.05) is 22.4 Å². The van der Waals surface area contributed by atoms with E-state index in [0.29, 0.717) is 34.3 Å². The second-order valence-electron chi connectivity index (χ2n) is 8.21. The highest BCUT2D eigenvalue weighted by molar-refractivity contribution is 5.99. The van der Waals surface area contributed by atoms with Gasteiger partial charge in [0.1, 0.15) is 5.75 Å². The maximum Gasteiger partial charge on any atom is 0.269 e. The number of para-hydroxylation sites is 1. The van der Waals surface area contributed by atoms with Crippen molar-refractivity contribution in [1.29, 1.82) is 0 Å². The van der Waals surface area contributed by atoms with E-state index in [1.54, 1.807) is 53.2 Å². The van der Waals surface area contributed by atoms with Crippen LogP contribution in [0.3, 0.4) is 0 Å². The Hall–Kier alpha value is -5.44. The Morgan fingerprint density at radius 2 is 1.39 bits per heavy atom. The number of hydrogen-bond acceptors (Lipinski definition) is 6. The fourth-order valence-electron chi connectivity index (χ4n) is 3.74. The Morgan fingerprint density at radius 3 is 2.08 bits per heavy atom. The third-order valence-corrected chi connectivity index (χ3v) is 5.66. The molecule has 3 N–H and O–H groups in total. The number of methoxy groups -OCH3 is 1. The summed E-state index contributed by atoms with van der Waals surface area (Å²) < 4.78 is 6.91. The third-order valence-electron chi connectivity index (χ3n) is 5.66. The van der Waals surface area contributed by atoms with Gasteiger partial charge in [-0.05, 0) is 54.6 Å². The first-order valence-electron chi connectivity index (χ1n) is 11.8. The van der Waals surface area contributed by atoms with Gasteiger partial charge < -0.3 is 10.1 Å². The number of carbonyl (C=O) groups excluding carboxylic acids is 2. The molecule has 4 aromatic carbocycles. The lowest BCUT2D eigenvalue weighted by Gasteiger charge is -2.09. The molecule has 0 aliphatic heterocycles. The smallest absolute Gasteiger partial charge is 0.269 e. The number of nitrogens with zero attached hydrogens (tertiary/aromatic N) is 3. The lowest BCUT2D eigenvalue weighted by Crippen LogP contribution is -2.41. The standard InChI is InChI=1S/C29H24N6O3/c1-38-25-14-8-11-22(19-25)28(37)33-32-27(36)21-15-17-23(18-16-21)30-29-31-26(20-9-4-2-5-10-20)35(34-29)24-12-6-3-7-13-24/h2-19H,1H3,(H,30,34)(H,32,36)(H,33,37). The van der Waals surface area contributed by atoms with Crippen molar-refractivity contribution in [3.05, 3.63) is 120 Å². The predicted molar refractivity (Wildman–Crippen MR) is 144 cm³/mol. The van der Waals surface area contributed by atoms with E-state index >= 15 is 0 Å². The number of amides is 2. The highest BCUT2D eigenvalue weighted by atomic mass is 16.5. The maximum atomic E-state index is 12.5. The molecule has 9 heteroatoms. The van der Waals surface area contributed by atoms with E-state index in [9.17, 15) is 9.59 Å². The molecule has 0 atom stereocenters. The van der Waals surface area contributed by atoms with Crippen LogP contribution in [-0.4, -0.2) is 33.7 Å². The molecule has 0 aliphatic rings. The number of aromatic nitrogens is 3. The van der Waals surface area contributed by atoms with E-state index in [2.05, 4.69) is 21.3 Å². The van der Waals surface area contributed by atoms with Crippen LogP contribution < -0.4 is 20.9 Å². The molecule has 0 aliphatic carbocycles. The number of hydrogen-bond donors (Lipinski definition) is 3. The average molecular weight is 505 g/mol. The van der Waals surface area contributed by atoms with E-state index in [-0.39, 0.29) is 0 Å². The molecular formula is C29H24N6O3. The second-order valence-corrected chi connectivity index (χ2v) is 8.21. The van der Waals surface area contributed by atoms with Crippen molar-refractivity contribution in [2.24, 2.45) is 0 Å². The van der Waals surface area contributed by atoms with Gasteiger partial charge in [-0.1, -0.05) is 54.6 Å². The molecule has 1 aromatic heterocycles. The van der Waals surface area contributed by atoms with Gasteiger partial charge in [-0.2, -0.15) is 4.98 Å². The molecule has 0 radical (unpaired) electrons. The number of carbonyl (C=O) groups is 2. The van der Waals surface area contributed by atoms with Crippen molar-refractivity contribution in [1.82, 2.24) is 25.6 Å². The quantitative estimate of drug-likeness (QED) is 0.276. The molecular weight excluding hydrogens is 480 g/mol. The first kappa shape index (κ1) is 24.3. The topological polar surface area (TPSA) is 110 Å². The van der Waals surface area contributed by atoms with Gasteiger partial charge in [-0.25, -0.2) is 4.68 Å². The largest absolute Gasteiger partial charge is 0.497 e. The maximum absolute atomic E-state index is 12.5. The molecule has 5 rings (SSSR count). The number of benzene rings is 4. The number of rotatable bonds is 7. The molecule has 188 valence electrons. The summed E-state index contributed by atoms with van der Waals surface area (Å²) in [5, 5.41) is 7.85. The van der Waals surface area contributed by atoms with E-state index in [1.165, 1.54) is 7.11 Å². The number of nitrogens with one attached hydrogen (secondary N) is 3. The van der Waals surface area contributed by atoms with Crippen LogP contribution in [0.1, 0.15) is 20.7 Å². The molecule has 0 bridgehead atoms. The zero-order chi connectivity index (χ0) is 26.3. The van der Waals surface area contributed by atoms with Gasteiger partial charge in [0.25, 0.3) is 11.8 Å².